The van der Waals surface area contributed by atoms with Crippen molar-refractivity contribution in [2.75, 3.05) is 32.2 Å². The zero-order valence-corrected chi connectivity index (χ0v) is 32.5. The topological polar surface area (TPSA) is 145 Å². The van der Waals surface area contributed by atoms with E-state index in [0.29, 0.717) is 43.9 Å². The first-order valence-electron chi connectivity index (χ1n) is 19.6. The maximum atomic E-state index is 13.1. The van der Waals surface area contributed by atoms with E-state index in [1.54, 1.807) is 42.5 Å². The van der Waals surface area contributed by atoms with Crippen molar-refractivity contribution in [3.05, 3.63) is 108 Å². The summed E-state index contributed by atoms with van der Waals surface area (Å²) in [6.45, 7) is 7.26. The van der Waals surface area contributed by atoms with Crippen LogP contribution in [0, 0.1) is 17.8 Å². The van der Waals surface area contributed by atoms with E-state index >= 15 is 0 Å². The Balaban J connectivity index is 1.44. The minimum Gasteiger partial charge on any atom is -0.460 e. The highest BCUT2D eigenvalue weighted by Gasteiger charge is 2.64. The van der Waals surface area contributed by atoms with Gasteiger partial charge in [-0.3, -0.25) is 9.97 Å². The highest BCUT2D eigenvalue weighted by molar-refractivity contribution is 8.00. The molecule has 1 fully saturated rings. The van der Waals surface area contributed by atoms with Crippen LogP contribution in [0.3, 0.4) is 0 Å². The molecule has 3 aliphatic rings. The molecule has 0 saturated heterocycles. The molecule has 0 radical (unpaired) electrons. The summed E-state index contributed by atoms with van der Waals surface area (Å²) in [6, 6.07) is 15.3. The molecule has 0 spiro atoms. The second kappa shape index (κ2) is 20.1. The van der Waals surface area contributed by atoms with Crippen LogP contribution in [-0.2, 0) is 22.5 Å². The number of allylic oxidation sites excluding steroid dienone is 1. The Morgan fingerprint density at radius 2 is 1.93 bits per heavy atom. The summed E-state index contributed by atoms with van der Waals surface area (Å²) in [4.78, 5) is 27.7. The summed E-state index contributed by atoms with van der Waals surface area (Å²) in [5.41, 5.74) is 4.77. The third kappa shape index (κ3) is 9.78. The number of aromatic nitrogens is 2. The van der Waals surface area contributed by atoms with Gasteiger partial charge in [-0.2, -0.15) is 11.8 Å². The molecule has 294 valence electrons. The van der Waals surface area contributed by atoms with Gasteiger partial charge in [0.2, 0.25) is 5.79 Å². The summed E-state index contributed by atoms with van der Waals surface area (Å²) in [5, 5.41) is 27.1. The number of aliphatic hydroxyl groups is 2. The molecule has 11 nitrogen and oxygen atoms in total. The van der Waals surface area contributed by atoms with Gasteiger partial charge in [0.05, 0.1) is 29.2 Å². The standard InChI is InChI=1S/C43H54N4O7S/c1-3-23-51-43-39(55-24-18-32-29-44-19-20-45-32)27-37(47-52-4-2)35-25-31(14-8-10-21-48)34(15-9-11-22-49)40(41(35)43)36-26-33(16-17-38(36)54-43)53-42(50)46-28-30-12-6-5-7-13-30/h3,5-7,12-13,16-17,19-20,25-26,29,31,34,39-41,48-49H,1,4,8-11,14-15,18,21-24,27-28H2,2H3,(H,46,50)/t31-,34+,39-,40+,41+,43+/m0/s1. The lowest BCUT2D eigenvalue weighted by atomic mass is 9.56. The first-order valence-corrected chi connectivity index (χ1v) is 20.6. The monoisotopic (exact) mass is 770 g/mol. The van der Waals surface area contributed by atoms with Crippen molar-refractivity contribution >= 4 is 23.6 Å². The highest BCUT2D eigenvalue weighted by Crippen LogP contribution is 2.62. The first-order chi connectivity index (χ1) is 27.0. The summed E-state index contributed by atoms with van der Waals surface area (Å²) in [7, 11) is 0. The van der Waals surface area contributed by atoms with Crippen molar-refractivity contribution in [2.24, 2.45) is 22.9 Å². The second-order valence-electron chi connectivity index (χ2n) is 14.2. The minimum absolute atomic E-state index is 0.113. The molecular weight excluding hydrogens is 717 g/mol. The molecule has 3 N–H and O–H groups in total. The SMILES string of the molecule is C=CCO[C@@]12Oc3ccc(OC(=O)NCc4ccccc4)cc3[C@H]3[C@H](CCCCO)[C@@H](CCCCO)C=C(C(=NOCC)C[C@@H]1SCCc1cnccn1)[C@H]32. The summed E-state index contributed by atoms with van der Waals surface area (Å²) < 4.78 is 20.1. The third-order valence-electron chi connectivity index (χ3n) is 10.7. The Labute approximate surface area is 328 Å². The number of carbonyl (C=O) groups is 1. The number of oxime groups is 1. The van der Waals surface area contributed by atoms with E-state index in [2.05, 4.69) is 27.9 Å². The van der Waals surface area contributed by atoms with Gasteiger partial charge in [0, 0.05) is 62.7 Å². The first kappa shape index (κ1) is 40.4. The predicted molar refractivity (Wildman–Crippen MR) is 214 cm³/mol. The van der Waals surface area contributed by atoms with Crippen LogP contribution in [0.4, 0.5) is 4.79 Å². The quantitative estimate of drug-likeness (QED) is 0.0604. The number of hydrogen-bond donors (Lipinski definition) is 3. The van der Waals surface area contributed by atoms with Gasteiger partial charge in [-0.25, -0.2) is 4.79 Å². The molecule has 6 atom stereocenters. The number of carbonyl (C=O) groups excluding carboxylic acids is 1. The Morgan fingerprint density at radius 3 is 2.67 bits per heavy atom. The number of rotatable bonds is 20. The van der Waals surface area contributed by atoms with Gasteiger partial charge in [-0.1, -0.05) is 60.5 Å². The number of fused-ring (bicyclic) bond motifs is 2. The van der Waals surface area contributed by atoms with Gasteiger partial charge in [-0.15, -0.1) is 6.58 Å². The fourth-order valence-corrected chi connectivity index (χ4v) is 9.74. The summed E-state index contributed by atoms with van der Waals surface area (Å²) in [6.07, 6.45) is 14.9. The lowest BCUT2D eigenvalue weighted by molar-refractivity contribution is -0.223. The van der Waals surface area contributed by atoms with Crippen LogP contribution in [0.2, 0.25) is 0 Å². The van der Waals surface area contributed by atoms with E-state index in [0.717, 1.165) is 66.0 Å². The molecule has 55 heavy (non-hydrogen) atoms. The van der Waals surface area contributed by atoms with Crippen LogP contribution in [0.15, 0.2) is 96.6 Å². The number of benzene rings is 2. The number of thioether (sulfide) groups is 1. The number of ether oxygens (including phenoxy) is 3. The average Bonchev–Trinajstić information content (AvgIpc) is 3.21. The number of unbranched alkanes of at least 4 members (excludes halogenated alkanes) is 2. The lowest BCUT2D eigenvalue weighted by Crippen LogP contribution is -2.64. The molecule has 1 aliphatic heterocycles. The molecule has 2 aliphatic carbocycles. The number of aliphatic hydroxyl groups excluding tert-OH is 2. The fraction of sp³-hybridized carbons (Fsp3) is 0.488. The largest absolute Gasteiger partial charge is 0.460 e. The van der Waals surface area contributed by atoms with Gasteiger partial charge in [0.15, 0.2) is 0 Å². The number of nitrogens with zero attached hydrogens (tertiary/aromatic N) is 3. The maximum absolute atomic E-state index is 13.1. The summed E-state index contributed by atoms with van der Waals surface area (Å²) in [5.74, 6) is 0.665. The molecule has 1 saturated carbocycles. The van der Waals surface area contributed by atoms with Crippen molar-refractivity contribution in [1.29, 1.82) is 0 Å². The van der Waals surface area contributed by atoms with E-state index < -0.39 is 11.9 Å². The highest BCUT2D eigenvalue weighted by atomic mass is 32.2. The second-order valence-corrected chi connectivity index (χ2v) is 15.5. The number of amides is 1. The Morgan fingerprint density at radius 1 is 1.11 bits per heavy atom. The Bertz CT molecular complexity index is 1760. The lowest BCUT2D eigenvalue weighted by Gasteiger charge is -2.58. The van der Waals surface area contributed by atoms with Gasteiger partial charge in [0.1, 0.15) is 18.1 Å². The van der Waals surface area contributed by atoms with Crippen LogP contribution < -0.4 is 14.8 Å². The van der Waals surface area contributed by atoms with Gasteiger partial charge < -0.3 is 34.6 Å². The van der Waals surface area contributed by atoms with Crippen molar-refractivity contribution in [3.63, 3.8) is 0 Å². The van der Waals surface area contributed by atoms with E-state index in [4.69, 9.17) is 24.2 Å². The van der Waals surface area contributed by atoms with E-state index in [-0.39, 0.29) is 48.7 Å². The minimum atomic E-state index is -1.09. The molecule has 6 rings (SSSR count). The molecule has 0 unspecified atom stereocenters. The van der Waals surface area contributed by atoms with Crippen molar-refractivity contribution in [3.8, 4) is 11.5 Å². The van der Waals surface area contributed by atoms with E-state index in [9.17, 15) is 15.0 Å². The molecule has 0 bridgehead atoms. The zero-order chi connectivity index (χ0) is 38.5. The molecule has 2 aromatic carbocycles. The van der Waals surface area contributed by atoms with Gasteiger partial charge in [0.25, 0.3) is 0 Å². The molecule has 12 heteroatoms. The van der Waals surface area contributed by atoms with Crippen LogP contribution in [-0.4, -0.2) is 75.2 Å². The molecular formula is C43H54N4O7S. The number of aryl methyl sites for hydroxylation is 1. The molecule has 3 aromatic rings. The predicted octanol–water partition coefficient (Wildman–Crippen LogP) is 7.39. The number of hydrogen-bond acceptors (Lipinski definition) is 11. The van der Waals surface area contributed by atoms with E-state index in [1.165, 1.54) is 0 Å². The van der Waals surface area contributed by atoms with Crippen LogP contribution >= 0.6 is 11.8 Å². The van der Waals surface area contributed by atoms with Gasteiger partial charge in [-0.05, 0) is 79.5 Å². The van der Waals surface area contributed by atoms with Crippen molar-refractivity contribution in [2.45, 2.75) is 81.8 Å². The maximum Gasteiger partial charge on any atom is 0.412 e. The molecule has 1 amide bonds. The molecule has 1 aromatic heterocycles. The smallest absolute Gasteiger partial charge is 0.412 e. The van der Waals surface area contributed by atoms with Crippen LogP contribution in [0.25, 0.3) is 0 Å². The average molecular weight is 771 g/mol. The zero-order valence-electron chi connectivity index (χ0n) is 31.7. The van der Waals surface area contributed by atoms with Crippen LogP contribution in [0.1, 0.15) is 74.6 Å². The Hall–Kier alpha value is -4.23. The summed E-state index contributed by atoms with van der Waals surface area (Å²) >= 11 is 1.78. The van der Waals surface area contributed by atoms with Crippen LogP contribution in [0.5, 0.6) is 11.5 Å². The number of nitrogens with one attached hydrogen (secondary N) is 1. The molecule has 2 heterocycles. The van der Waals surface area contributed by atoms with Crippen molar-refractivity contribution < 1.29 is 34.1 Å². The normalized spacial score (nSPS) is 24.5. The van der Waals surface area contributed by atoms with Gasteiger partial charge >= 0.3 is 6.09 Å². The van der Waals surface area contributed by atoms with E-state index in [1.807, 2.05) is 49.4 Å². The third-order valence-corrected chi connectivity index (χ3v) is 12.0. The fourth-order valence-electron chi connectivity index (χ4n) is 8.36. The van der Waals surface area contributed by atoms with Crippen molar-refractivity contribution in [1.82, 2.24) is 15.3 Å². The Kier molecular flexibility index (Phi) is 14.8.